The van der Waals surface area contributed by atoms with E-state index in [1.807, 2.05) is 13.8 Å². The third kappa shape index (κ3) is 20.5. The summed E-state index contributed by atoms with van der Waals surface area (Å²) in [7, 11) is -8.07. The Bertz CT molecular complexity index is 1850. The standard InChI is InChI=1S/2C18H28N4O5S.Co.Na/c2*1-4-6-7-13(5-2)11-20-18(25)17(12(3)23)22-21-15-10-14(28(19,26)27)8-9-16(15)24;;/h2*8-10,13,23-24H,4-7,11H2,1-3H3,(H,20,25)(H2,19,26,27);;/q;;+3;+1/p-4/b2*17-12-,22-21?;;. The number of nitrogens with two attached hydrogens (primary N) is 2. The van der Waals surface area contributed by atoms with E-state index < -0.39 is 66.3 Å². The minimum absolute atomic E-state index is 0. The molecule has 58 heavy (non-hydrogen) atoms. The Kier molecular flexibility index (Phi) is 27.5. The van der Waals surface area contributed by atoms with Gasteiger partial charge in [-0.15, -0.1) is 21.7 Å². The first-order valence-electron chi connectivity index (χ1n) is 18.0. The molecule has 0 radical (unpaired) electrons. The summed E-state index contributed by atoms with van der Waals surface area (Å²) in [4.78, 5) is 23.9. The first-order chi connectivity index (χ1) is 26.2. The molecule has 318 valence electrons. The number of hydrogen-bond donors (Lipinski definition) is 4. The second kappa shape index (κ2) is 28.1. The van der Waals surface area contributed by atoms with Crippen LogP contribution in [-0.2, 0) is 46.4 Å². The maximum Gasteiger partial charge on any atom is 3.00 e. The molecule has 6 N–H and O–H groups in total. The molecule has 0 aliphatic carbocycles. The molecule has 2 unspecified atom stereocenters. The summed E-state index contributed by atoms with van der Waals surface area (Å²) in [6, 6.07) is 5.91. The molecule has 2 aromatic rings. The number of sulfonamides is 2. The fourth-order valence-electron chi connectivity index (χ4n) is 4.79. The average molecular weight is 903 g/mol. The van der Waals surface area contributed by atoms with Gasteiger partial charge >= 0.3 is 46.3 Å². The van der Waals surface area contributed by atoms with E-state index in [4.69, 9.17) is 10.3 Å². The molecule has 0 bridgehead atoms. The SMILES string of the molecule is CCCCC(CC)CNC(=O)/C(N=Nc1cc(S(N)(=O)=O)ccc1[O-])=C(\C)[O-].CCCCC(CC)CNC(=O)/C(N=Nc1cc(S(N)(=O)=O)ccc1[O-])=C(\C)[O-].[Co+3].[Na+]. The van der Waals surface area contributed by atoms with Crippen molar-refractivity contribution in [1.82, 2.24) is 10.6 Å². The van der Waals surface area contributed by atoms with Crippen LogP contribution in [0.2, 0.25) is 0 Å². The average Bonchev–Trinajstić information content (AvgIpc) is 3.12. The molecular formula is C36H52CoN8NaO10S2. The minimum atomic E-state index is -4.04. The van der Waals surface area contributed by atoms with Gasteiger partial charge in [0.2, 0.25) is 20.0 Å². The normalized spacial score (nSPS) is 13.5. The maximum atomic E-state index is 12.3. The third-order valence-corrected chi connectivity index (χ3v) is 10.1. The number of nitrogens with one attached hydrogen (secondary N) is 2. The monoisotopic (exact) mass is 902 g/mol. The number of nitrogens with zero attached hydrogens (tertiary/aromatic N) is 4. The van der Waals surface area contributed by atoms with Gasteiger partial charge in [0.15, 0.2) is 0 Å². The summed E-state index contributed by atoms with van der Waals surface area (Å²) < 4.78 is 45.5. The van der Waals surface area contributed by atoms with E-state index in [0.717, 1.165) is 102 Å². The molecule has 2 atom stereocenters. The topological polar surface area (TPSA) is 320 Å². The smallest absolute Gasteiger partial charge is 0.874 e. The van der Waals surface area contributed by atoms with Crippen LogP contribution >= 0.6 is 0 Å². The van der Waals surface area contributed by atoms with Crippen LogP contribution in [0, 0.1) is 11.8 Å². The zero-order valence-electron chi connectivity index (χ0n) is 33.9. The van der Waals surface area contributed by atoms with Crippen LogP contribution < -0.4 is 70.9 Å². The number of carbonyl (C=O) groups excluding carboxylic acids is 2. The van der Waals surface area contributed by atoms with Crippen LogP contribution in [0.3, 0.4) is 0 Å². The Morgan fingerprint density at radius 3 is 1.26 bits per heavy atom. The van der Waals surface area contributed by atoms with Crippen LogP contribution in [-0.4, -0.2) is 41.7 Å². The first kappa shape index (κ1) is 56.7. The Balaban J connectivity index is 0. The Morgan fingerprint density at radius 1 is 0.672 bits per heavy atom. The summed E-state index contributed by atoms with van der Waals surface area (Å²) in [6.07, 6.45) is 7.90. The predicted molar refractivity (Wildman–Crippen MR) is 202 cm³/mol. The van der Waals surface area contributed by atoms with Crippen molar-refractivity contribution >= 4 is 43.2 Å². The molecule has 0 aliphatic heterocycles. The largest absolute Gasteiger partial charge is 3.00 e. The van der Waals surface area contributed by atoms with Crippen LogP contribution in [0.5, 0.6) is 11.5 Å². The molecule has 0 saturated heterocycles. The summed E-state index contributed by atoms with van der Waals surface area (Å²) in [5.74, 6) is -3.31. The van der Waals surface area contributed by atoms with Gasteiger partial charge in [0, 0.05) is 13.1 Å². The van der Waals surface area contributed by atoms with Crippen molar-refractivity contribution < 1.29 is 93.2 Å². The van der Waals surface area contributed by atoms with Gasteiger partial charge in [0.05, 0.1) is 21.2 Å². The van der Waals surface area contributed by atoms with Crippen molar-refractivity contribution in [3.05, 3.63) is 59.3 Å². The fraction of sp³-hybridized carbons (Fsp3) is 0.500. The van der Waals surface area contributed by atoms with Gasteiger partial charge in [0.1, 0.15) is 11.4 Å². The molecule has 22 heteroatoms. The van der Waals surface area contributed by atoms with Crippen LogP contribution in [0.1, 0.15) is 92.9 Å². The molecule has 2 rings (SSSR count). The fourth-order valence-corrected chi connectivity index (χ4v) is 5.86. The number of unbranched alkanes of at least 4 members (excludes halogenated alkanes) is 2. The number of amides is 2. The predicted octanol–water partition coefficient (Wildman–Crippen LogP) is -0.167. The number of primary sulfonamides is 2. The van der Waals surface area contributed by atoms with E-state index in [1.165, 1.54) is 0 Å². The summed E-state index contributed by atoms with van der Waals surface area (Å²) >= 11 is 0. The van der Waals surface area contributed by atoms with Crippen LogP contribution in [0.15, 0.2) is 89.6 Å². The van der Waals surface area contributed by atoms with E-state index in [0.29, 0.717) is 13.1 Å². The maximum absolute atomic E-state index is 12.3. The third-order valence-electron chi connectivity index (χ3n) is 8.32. The molecule has 0 aliphatic rings. The zero-order chi connectivity index (χ0) is 42.6. The molecule has 0 saturated carbocycles. The van der Waals surface area contributed by atoms with E-state index in [2.05, 4.69) is 44.9 Å². The summed E-state index contributed by atoms with van der Waals surface area (Å²) in [5.41, 5.74) is -1.61. The van der Waals surface area contributed by atoms with Gasteiger partial charge in [0.25, 0.3) is 11.8 Å². The van der Waals surface area contributed by atoms with Crippen molar-refractivity contribution in [3.63, 3.8) is 0 Å². The molecule has 0 aromatic heterocycles. The second-order valence-corrected chi connectivity index (χ2v) is 15.9. The van der Waals surface area contributed by atoms with Gasteiger partial charge in [-0.3, -0.25) is 9.59 Å². The summed E-state index contributed by atoms with van der Waals surface area (Å²) in [6.45, 7) is 11.3. The van der Waals surface area contributed by atoms with Crippen LogP contribution in [0.25, 0.3) is 0 Å². The Hall–Kier alpha value is -3.41. The van der Waals surface area contributed by atoms with Crippen molar-refractivity contribution in [3.8, 4) is 11.5 Å². The van der Waals surface area contributed by atoms with Crippen molar-refractivity contribution in [2.75, 3.05) is 13.1 Å². The zero-order valence-corrected chi connectivity index (χ0v) is 38.5. The number of azo groups is 2. The van der Waals surface area contributed by atoms with E-state index in [-0.39, 0.29) is 79.3 Å². The molecule has 2 amide bonds. The Labute approximate surface area is 373 Å². The molecule has 0 heterocycles. The van der Waals surface area contributed by atoms with Crippen molar-refractivity contribution in [2.24, 2.45) is 42.6 Å². The molecule has 2 aromatic carbocycles. The van der Waals surface area contributed by atoms with Gasteiger partial charge in [-0.1, -0.05) is 104 Å². The van der Waals surface area contributed by atoms with Crippen molar-refractivity contribution in [1.29, 1.82) is 0 Å². The van der Waals surface area contributed by atoms with Gasteiger partial charge in [-0.25, -0.2) is 27.1 Å². The summed E-state index contributed by atoms with van der Waals surface area (Å²) in [5, 5.41) is 76.9. The van der Waals surface area contributed by atoms with Gasteiger partial charge in [-0.05, 0) is 48.9 Å². The van der Waals surface area contributed by atoms with E-state index >= 15 is 0 Å². The quantitative estimate of drug-likeness (QED) is 0.0589. The van der Waals surface area contributed by atoms with E-state index in [1.54, 1.807) is 0 Å². The second-order valence-electron chi connectivity index (χ2n) is 12.8. The number of allylic oxidation sites excluding steroid dienone is 2. The number of benzene rings is 2. The molecular weight excluding hydrogens is 850 g/mol. The van der Waals surface area contributed by atoms with Crippen molar-refractivity contribution in [2.45, 2.75) is 103 Å². The number of carbonyl (C=O) groups is 2. The number of rotatable bonds is 20. The van der Waals surface area contributed by atoms with Crippen LogP contribution in [0.4, 0.5) is 11.4 Å². The first-order valence-corrected chi connectivity index (χ1v) is 21.1. The molecule has 0 fully saturated rings. The van der Waals surface area contributed by atoms with Gasteiger partial charge < -0.3 is 31.1 Å². The Morgan fingerprint density at radius 2 is 1.00 bits per heavy atom. The number of hydrogen-bond acceptors (Lipinski definition) is 14. The van der Waals surface area contributed by atoms with Gasteiger partial charge in [-0.2, -0.15) is 10.2 Å². The molecule has 18 nitrogen and oxygen atoms in total. The minimum Gasteiger partial charge on any atom is -0.874 e. The molecule has 0 spiro atoms. The van der Waals surface area contributed by atoms with E-state index in [9.17, 15) is 46.9 Å².